The predicted octanol–water partition coefficient (Wildman–Crippen LogP) is 4.17. The third-order valence-electron chi connectivity index (χ3n) is 4.23. The van der Waals surface area contributed by atoms with E-state index in [0.717, 1.165) is 11.6 Å². The molecule has 0 aromatic heterocycles. The van der Waals surface area contributed by atoms with Gasteiger partial charge in [0.15, 0.2) is 23.9 Å². The van der Waals surface area contributed by atoms with Crippen LogP contribution in [-0.2, 0) is 4.74 Å². The van der Waals surface area contributed by atoms with E-state index in [4.69, 9.17) is 14.2 Å². The molecule has 2 aromatic rings. The molecule has 0 bridgehead atoms. The van der Waals surface area contributed by atoms with Gasteiger partial charge in [-0.3, -0.25) is 14.9 Å². The fourth-order valence-electron chi connectivity index (χ4n) is 2.64. The van der Waals surface area contributed by atoms with Gasteiger partial charge in [0.05, 0.1) is 24.7 Å². The summed E-state index contributed by atoms with van der Waals surface area (Å²) in [5, 5.41) is 11.3. The second-order valence-electron chi connectivity index (χ2n) is 6.49. The van der Waals surface area contributed by atoms with Crippen molar-refractivity contribution < 1.29 is 28.7 Å². The number of benzene rings is 2. The van der Waals surface area contributed by atoms with Crippen molar-refractivity contribution in [1.29, 1.82) is 0 Å². The summed E-state index contributed by atoms with van der Waals surface area (Å²) in [5.41, 5.74) is 0.656. The maximum Gasteiger partial charge on any atom is 0.345 e. The lowest BCUT2D eigenvalue weighted by Gasteiger charge is -2.11. The lowest BCUT2D eigenvalue weighted by molar-refractivity contribution is -0.385. The molecule has 0 fully saturated rings. The Morgan fingerprint density at radius 2 is 1.76 bits per heavy atom. The topological polar surface area (TPSA) is 105 Å². The summed E-state index contributed by atoms with van der Waals surface area (Å²) in [6.07, 6.45) is 0. The number of hydrogen-bond donors (Lipinski definition) is 0. The van der Waals surface area contributed by atoms with E-state index in [0.29, 0.717) is 11.5 Å². The van der Waals surface area contributed by atoms with E-state index in [1.165, 1.54) is 13.2 Å². The fraction of sp³-hybridized carbons (Fsp3) is 0.333. The van der Waals surface area contributed by atoms with Crippen LogP contribution < -0.4 is 9.47 Å². The molecule has 8 heteroatoms. The number of methoxy groups -OCH3 is 1. The molecular weight excluding hydrogens is 378 g/mol. The van der Waals surface area contributed by atoms with Crippen LogP contribution in [0.5, 0.6) is 11.5 Å². The largest absolute Gasteiger partial charge is 0.493 e. The molecule has 0 aliphatic rings. The fourth-order valence-corrected chi connectivity index (χ4v) is 2.64. The molecule has 8 nitrogen and oxygen atoms in total. The van der Waals surface area contributed by atoms with Crippen molar-refractivity contribution in [2.75, 3.05) is 20.3 Å². The molecule has 0 saturated carbocycles. The summed E-state index contributed by atoms with van der Waals surface area (Å²) in [6, 6.07) is 9.27. The van der Waals surface area contributed by atoms with E-state index in [1.54, 1.807) is 19.1 Å². The third-order valence-corrected chi connectivity index (χ3v) is 4.23. The summed E-state index contributed by atoms with van der Waals surface area (Å²) in [5.74, 6) is -0.783. The van der Waals surface area contributed by atoms with Crippen LogP contribution in [0, 0.1) is 10.1 Å². The molecule has 0 aliphatic carbocycles. The Morgan fingerprint density at radius 1 is 1.10 bits per heavy atom. The molecule has 154 valence electrons. The van der Waals surface area contributed by atoms with Gasteiger partial charge < -0.3 is 14.2 Å². The van der Waals surface area contributed by atoms with Gasteiger partial charge in [-0.15, -0.1) is 0 Å². The summed E-state index contributed by atoms with van der Waals surface area (Å²) in [6.45, 7) is 5.54. The Hall–Kier alpha value is -3.42. The minimum absolute atomic E-state index is 0.122. The van der Waals surface area contributed by atoms with Crippen LogP contribution in [0.15, 0.2) is 36.4 Å². The van der Waals surface area contributed by atoms with Gasteiger partial charge >= 0.3 is 5.97 Å². The molecule has 0 saturated heterocycles. The van der Waals surface area contributed by atoms with Crippen LogP contribution in [-0.4, -0.2) is 37.0 Å². The van der Waals surface area contributed by atoms with Crippen molar-refractivity contribution in [2.45, 2.75) is 26.7 Å². The van der Waals surface area contributed by atoms with Crippen molar-refractivity contribution in [2.24, 2.45) is 0 Å². The van der Waals surface area contributed by atoms with Gasteiger partial charge in [-0.05, 0) is 18.4 Å². The lowest BCUT2D eigenvalue weighted by Crippen LogP contribution is -2.16. The summed E-state index contributed by atoms with van der Waals surface area (Å²) in [7, 11) is 1.34. The molecule has 2 rings (SSSR count). The van der Waals surface area contributed by atoms with Crippen molar-refractivity contribution in [1.82, 2.24) is 0 Å². The number of carbonyl (C=O) groups is 2. The van der Waals surface area contributed by atoms with E-state index in [1.807, 2.05) is 26.0 Å². The smallest absolute Gasteiger partial charge is 0.345 e. The average molecular weight is 401 g/mol. The van der Waals surface area contributed by atoms with E-state index in [9.17, 15) is 19.7 Å². The first-order valence-corrected chi connectivity index (χ1v) is 9.08. The molecule has 0 unspecified atom stereocenters. The second-order valence-corrected chi connectivity index (χ2v) is 6.49. The normalized spacial score (nSPS) is 10.5. The van der Waals surface area contributed by atoms with Crippen molar-refractivity contribution in [3.63, 3.8) is 0 Å². The van der Waals surface area contributed by atoms with Crippen LogP contribution in [0.25, 0.3) is 0 Å². The van der Waals surface area contributed by atoms with E-state index < -0.39 is 29.0 Å². The summed E-state index contributed by atoms with van der Waals surface area (Å²) >= 11 is 0. The van der Waals surface area contributed by atoms with Crippen LogP contribution >= 0.6 is 0 Å². The molecule has 29 heavy (non-hydrogen) atoms. The molecule has 0 heterocycles. The number of hydrogen-bond acceptors (Lipinski definition) is 7. The number of ketones is 1. The van der Waals surface area contributed by atoms with E-state index in [2.05, 4.69) is 0 Å². The highest BCUT2D eigenvalue weighted by Crippen LogP contribution is 2.35. The van der Waals surface area contributed by atoms with Crippen molar-refractivity contribution in [3.8, 4) is 11.5 Å². The van der Waals surface area contributed by atoms with Gasteiger partial charge in [-0.1, -0.05) is 38.1 Å². The SMILES string of the molecule is CCOc1cc(C(=O)OCC(=O)c2ccc(C(C)C)cc2)c([N+](=O)[O-])cc1OC. The zero-order chi connectivity index (χ0) is 21.6. The molecule has 2 aromatic carbocycles. The standard InChI is InChI=1S/C21H23NO7/c1-5-28-20-10-16(17(22(25)26)11-19(20)27-4)21(24)29-12-18(23)15-8-6-14(7-9-15)13(2)3/h6-11,13H,5,12H2,1-4H3. The first-order chi connectivity index (χ1) is 13.8. The van der Waals surface area contributed by atoms with Gasteiger partial charge in [0.2, 0.25) is 0 Å². The number of nitro groups is 1. The number of rotatable bonds is 9. The maximum atomic E-state index is 12.4. The maximum absolute atomic E-state index is 12.4. The van der Waals surface area contributed by atoms with Gasteiger partial charge in [0.1, 0.15) is 5.56 Å². The number of nitrogens with zero attached hydrogens (tertiary/aromatic N) is 1. The van der Waals surface area contributed by atoms with Crippen LogP contribution in [0.4, 0.5) is 5.69 Å². The molecule has 0 atom stereocenters. The van der Waals surface area contributed by atoms with Crippen molar-refractivity contribution >= 4 is 17.4 Å². The first-order valence-electron chi connectivity index (χ1n) is 9.08. The van der Waals surface area contributed by atoms with Crippen LogP contribution in [0.3, 0.4) is 0 Å². The third kappa shape index (κ3) is 5.31. The highest BCUT2D eigenvalue weighted by atomic mass is 16.6. The highest BCUT2D eigenvalue weighted by molar-refractivity contribution is 6.00. The van der Waals surface area contributed by atoms with Gasteiger partial charge in [-0.2, -0.15) is 0 Å². The Morgan fingerprint density at radius 3 is 2.28 bits per heavy atom. The van der Waals surface area contributed by atoms with E-state index >= 15 is 0 Å². The summed E-state index contributed by atoms with van der Waals surface area (Å²) in [4.78, 5) is 35.3. The van der Waals surface area contributed by atoms with Crippen LogP contribution in [0.1, 0.15) is 53.0 Å². The van der Waals surface area contributed by atoms with Gasteiger partial charge in [0, 0.05) is 11.6 Å². The van der Waals surface area contributed by atoms with Crippen molar-refractivity contribution in [3.05, 3.63) is 63.2 Å². The Labute approximate surface area is 168 Å². The molecule has 0 spiro atoms. The second kappa shape index (κ2) is 9.68. The Balaban J connectivity index is 2.19. The first kappa shape index (κ1) is 21.9. The summed E-state index contributed by atoms with van der Waals surface area (Å²) < 4.78 is 15.5. The molecular formula is C21H23NO7. The van der Waals surface area contributed by atoms with Gasteiger partial charge in [-0.25, -0.2) is 4.79 Å². The number of ether oxygens (including phenoxy) is 3. The number of nitro benzene ring substituents is 1. The molecule has 0 radical (unpaired) electrons. The number of carbonyl (C=O) groups excluding carboxylic acids is 2. The van der Waals surface area contributed by atoms with E-state index in [-0.39, 0.29) is 23.7 Å². The minimum Gasteiger partial charge on any atom is -0.493 e. The zero-order valence-electron chi connectivity index (χ0n) is 16.8. The van der Waals surface area contributed by atoms with Gasteiger partial charge in [0.25, 0.3) is 5.69 Å². The molecule has 0 amide bonds. The lowest BCUT2D eigenvalue weighted by atomic mass is 10.0. The Kier molecular flexibility index (Phi) is 7.30. The minimum atomic E-state index is -0.993. The molecule has 0 N–H and O–H groups in total. The monoisotopic (exact) mass is 401 g/mol. The number of esters is 1. The Bertz CT molecular complexity index is 904. The highest BCUT2D eigenvalue weighted by Gasteiger charge is 2.26. The predicted molar refractivity (Wildman–Crippen MR) is 106 cm³/mol. The molecule has 0 aliphatic heterocycles. The zero-order valence-corrected chi connectivity index (χ0v) is 16.8. The number of Topliss-reactive ketones (excluding diaryl/α,β-unsaturated/α-hetero) is 1. The quantitative estimate of drug-likeness (QED) is 0.269. The average Bonchev–Trinajstić information content (AvgIpc) is 2.71. The van der Waals surface area contributed by atoms with Crippen LogP contribution in [0.2, 0.25) is 0 Å².